The van der Waals surface area contributed by atoms with Crippen LogP contribution in [0.15, 0.2) is 24.5 Å². The van der Waals surface area contributed by atoms with E-state index >= 15 is 0 Å². The normalized spacial score (nSPS) is 10.7. The number of nitrogens with zero attached hydrogens (tertiary/aromatic N) is 2. The molecule has 1 N–H and O–H groups in total. The summed E-state index contributed by atoms with van der Waals surface area (Å²) in [6, 6.07) is 2.82. The third-order valence-electron chi connectivity index (χ3n) is 2.24. The smallest absolute Gasteiger partial charge is 0.271 e. The number of amides is 1. The predicted octanol–water partition coefficient (Wildman–Crippen LogP) is 0.850. The van der Waals surface area contributed by atoms with Crippen LogP contribution in [0.4, 0.5) is 4.39 Å². The Morgan fingerprint density at radius 3 is 3.12 bits per heavy atom. The number of hydrogen-bond acceptors (Lipinski definition) is 3. The molecular formula is C11H12FN3O2. The SMILES string of the molecule is COCCNC(=O)c1cn2cc(F)ccc2n1. The topological polar surface area (TPSA) is 55.6 Å². The summed E-state index contributed by atoms with van der Waals surface area (Å²) >= 11 is 0. The van der Waals surface area contributed by atoms with Gasteiger partial charge in [0.2, 0.25) is 0 Å². The molecule has 0 aliphatic carbocycles. The molecule has 90 valence electrons. The third kappa shape index (κ3) is 2.59. The molecular weight excluding hydrogens is 225 g/mol. The number of imidazole rings is 1. The number of hydrogen-bond donors (Lipinski definition) is 1. The van der Waals surface area contributed by atoms with Crippen LogP contribution in [0.3, 0.4) is 0 Å². The highest BCUT2D eigenvalue weighted by Gasteiger charge is 2.10. The van der Waals surface area contributed by atoms with E-state index in [0.29, 0.717) is 18.8 Å². The zero-order chi connectivity index (χ0) is 12.3. The Balaban J connectivity index is 2.15. The van der Waals surface area contributed by atoms with Crippen molar-refractivity contribution >= 4 is 11.6 Å². The molecule has 0 bridgehead atoms. The molecule has 0 aliphatic heterocycles. The van der Waals surface area contributed by atoms with Crippen LogP contribution >= 0.6 is 0 Å². The van der Waals surface area contributed by atoms with Crippen molar-refractivity contribution in [2.45, 2.75) is 0 Å². The fourth-order valence-electron chi connectivity index (χ4n) is 1.43. The summed E-state index contributed by atoms with van der Waals surface area (Å²) in [5, 5.41) is 2.64. The van der Waals surface area contributed by atoms with E-state index in [1.165, 1.54) is 28.9 Å². The summed E-state index contributed by atoms with van der Waals surface area (Å²) < 4.78 is 19.2. The van der Waals surface area contributed by atoms with Gasteiger partial charge in [0, 0.05) is 26.0 Å². The van der Waals surface area contributed by atoms with Gasteiger partial charge in [-0.1, -0.05) is 0 Å². The van der Waals surface area contributed by atoms with Gasteiger partial charge >= 0.3 is 0 Å². The van der Waals surface area contributed by atoms with Crippen molar-refractivity contribution < 1.29 is 13.9 Å². The molecule has 0 fully saturated rings. The van der Waals surface area contributed by atoms with Gasteiger partial charge in [-0.25, -0.2) is 9.37 Å². The lowest BCUT2D eigenvalue weighted by Crippen LogP contribution is -2.27. The van der Waals surface area contributed by atoms with E-state index in [4.69, 9.17) is 4.74 Å². The van der Waals surface area contributed by atoms with E-state index in [2.05, 4.69) is 10.3 Å². The van der Waals surface area contributed by atoms with Crippen molar-refractivity contribution in [3.63, 3.8) is 0 Å². The Morgan fingerprint density at radius 2 is 2.35 bits per heavy atom. The van der Waals surface area contributed by atoms with Crippen LogP contribution in [0.25, 0.3) is 5.65 Å². The molecule has 0 saturated carbocycles. The summed E-state index contributed by atoms with van der Waals surface area (Å²) in [6.07, 6.45) is 2.76. The van der Waals surface area contributed by atoms with Crippen LogP contribution in [-0.2, 0) is 4.74 Å². The van der Waals surface area contributed by atoms with E-state index in [9.17, 15) is 9.18 Å². The highest BCUT2D eigenvalue weighted by Crippen LogP contribution is 2.06. The van der Waals surface area contributed by atoms with Gasteiger partial charge in [-0.15, -0.1) is 0 Å². The molecule has 0 atom stereocenters. The second-order valence-electron chi connectivity index (χ2n) is 3.49. The average molecular weight is 237 g/mol. The molecule has 0 aliphatic rings. The Morgan fingerprint density at radius 1 is 1.53 bits per heavy atom. The standard InChI is InChI=1S/C11H12FN3O2/c1-17-5-4-13-11(16)9-7-15-6-8(12)2-3-10(15)14-9/h2-3,6-7H,4-5H2,1H3,(H,13,16). The monoisotopic (exact) mass is 237 g/mol. The molecule has 2 aromatic heterocycles. The van der Waals surface area contributed by atoms with Crippen LogP contribution in [0.2, 0.25) is 0 Å². The predicted molar refractivity (Wildman–Crippen MR) is 59.4 cm³/mol. The Kier molecular flexibility index (Phi) is 3.34. The fourth-order valence-corrected chi connectivity index (χ4v) is 1.43. The van der Waals surface area contributed by atoms with Crippen molar-refractivity contribution in [1.82, 2.24) is 14.7 Å². The maximum atomic E-state index is 12.9. The molecule has 2 aromatic rings. The van der Waals surface area contributed by atoms with Crippen molar-refractivity contribution in [3.8, 4) is 0 Å². The summed E-state index contributed by atoms with van der Waals surface area (Å²) in [6.45, 7) is 0.852. The van der Waals surface area contributed by atoms with Gasteiger partial charge in [0.1, 0.15) is 17.2 Å². The van der Waals surface area contributed by atoms with E-state index in [1.54, 1.807) is 7.11 Å². The number of halogens is 1. The maximum Gasteiger partial charge on any atom is 0.271 e. The molecule has 1 amide bonds. The molecule has 17 heavy (non-hydrogen) atoms. The number of fused-ring (bicyclic) bond motifs is 1. The Hall–Kier alpha value is -1.95. The minimum atomic E-state index is -0.374. The van der Waals surface area contributed by atoms with Gasteiger partial charge in [-0.05, 0) is 12.1 Å². The summed E-state index contributed by atoms with van der Waals surface area (Å²) in [4.78, 5) is 15.7. The van der Waals surface area contributed by atoms with Crippen LogP contribution in [0, 0.1) is 5.82 Å². The molecule has 0 aromatic carbocycles. The molecule has 5 nitrogen and oxygen atoms in total. The van der Waals surface area contributed by atoms with Gasteiger partial charge < -0.3 is 14.5 Å². The number of carbonyl (C=O) groups is 1. The first kappa shape index (κ1) is 11.5. The zero-order valence-corrected chi connectivity index (χ0v) is 9.31. The number of pyridine rings is 1. The number of carbonyl (C=O) groups excluding carboxylic acids is 1. The Bertz CT molecular complexity index is 538. The highest BCUT2D eigenvalue weighted by molar-refractivity contribution is 5.92. The molecule has 2 heterocycles. The zero-order valence-electron chi connectivity index (χ0n) is 9.31. The number of methoxy groups -OCH3 is 1. The van der Waals surface area contributed by atoms with Gasteiger partial charge in [0.15, 0.2) is 0 Å². The molecule has 0 spiro atoms. The highest BCUT2D eigenvalue weighted by atomic mass is 19.1. The van der Waals surface area contributed by atoms with Gasteiger partial charge in [0.25, 0.3) is 5.91 Å². The van der Waals surface area contributed by atoms with E-state index < -0.39 is 0 Å². The van der Waals surface area contributed by atoms with Gasteiger partial charge in [0.05, 0.1) is 6.61 Å². The van der Waals surface area contributed by atoms with Crippen LogP contribution < -0.4 is 5.32 Å². The second-order valence-corrected chi connectivity index (χ2v) is 3.49. The quantitative estimate of drug-likeness (QED) is 0.802. The van der Waals surface area contributed by atoms with Gasteiger partial charge in [-0.2, -0.15) is 0 Å². The first-order chi connectivity index (χ1) is 8.20. The first-order valence-corrected chi connectivity index (χ1v) is 5.12. The van der Waals surface area contributed by atoms with E-state index in [0.717, 1.165) is 0 Å². The lowest BCUT2D eigenvalue weighted by atomic mass is 10.4. The largest absolute Gasteiger partial charge is 0.383 e. The molecule has 2 rings (SSSR count). The van der Waals surface area contributed by atoms with Crippen LogP contribution in [0.1, 0.15) is 10.5 Å². The maximum absolute atomic E-state index is 12.9. The number of ether oxygens (including phenoxy) is 1. The molecule has 0 radical (unpaired) electrons. The summed E-state index contributed by atoms with van der Waals surface area (Å²) in [7, 11) is 1.56. The lowest BCUT2D eigenvalue weighted by Gasteiger charge is -2.00. The summed E-state index contributed by atoms with van der Waals surface area (Å²) in [5.41, 5.74) is 0.787. The molecule has 0 saturated heterocycles. The second kappa shape index (κ2) is 4.92. The van der Waals surface area contributed by atoms with E-state index in [-0.39, 0.29) is 17.4 Å². The minimum absolute atomic E-state index is 0.256. The van der Waals surface area contributed by atoms with Crippen molar-refractivity contribution in [1.29, 1.82) is 0 Å². The van der Waals surface area contributed by atoms with Gasteiger partial charge in [-0.3, -0.25) is 4.79 Å². The number of aromatic nitrogens is 2. The fraction of sp³-hybridized carbons (Fsp3) is 0.273. The first-order valence-electron chi connectivity index (χ1n) is 5.12. The number of nitrogens with one attached hydrogen (secondary N) is 1. The van der Waals surface area contributed by atoms with E-state index in [1.807, 2.05) is 0 Å². The average Bonchev–Trinajstić information content (AvgIpc) is 2.72. The summed E-state index contributed by atoms with van der Waals surface area (Å²) in [5.74, 6) is -0.674. The molecule has 0 unspecified atom stereocenters. The lowest BCUT2D eigenvalue weighted by molar-refractivity contribution is 0.0932. The molecule has 6 heteroatoms. The van der Waals surface area contributed by atoms with Crippen molar-refractivity contribution in [3.05, 3.63) is 36.0 Å². The van der Waals surface area contributed by atoms with Crippen molar-refractivity contribution in [2.24, 2.45) is 0 Å². The van der Waals surface area contributed by atoms with Crippen molar-refractivity contribution in [2.75, 3.05) is 20.3 Å². The third-order valence-corrected chi connectivity index (χ3v) is 2.24. The minimum Gasteiger partial charge on any atom is -0.383 e. The van der Waals surface area contributed by atoms with Crippen LogP contribution in [0.5, 0.6) is 0 Å². The van der Waals surface area contributed by atoms with Crippen LogP contribution in [-0.4, -0.2) is 35.6 Å². The number of rotatable bonds is 4. The Labute approximate surface area is 97.2 Å².